The molecule has 0 aliphatic heterocycles. The second-order valence-corrected chi connectivity index (χ2v) is 1.89. The molecule has 1 aliphatic carbocycles. The predicted octanol–water partition coefficient (Wildman–Crippen LogP) is 1.53. The van der Waals surface area contributed by atoms with Crippen LogP contribution in [0.2, 0.25) is 0 Å². The van der Waals surface area contributed by atoms with E-state index in [0.29, 0.717) is 0 Å². The van der Waals surface area contributed by atoms with Gasteiger partial charge >= 0.3 is 0 Å². The van der Waals surface area contributed by atoms with E-state index in [1.165, 1.54) is 11.1 Å². The molecular weight excluding hydrogens is 223 g/mol. The van der Waals surface area contributed by atoms with Crippen LogP contribution >= 0.6 is 0 Å². The summed E-state index contributed by atoms with van der Waals surface area (Å²) in [6.45, 7) is 10.2. The van der Waals surface area contributed by atoms with Gasteiger partial charge in [0.2, 0.25) is 0 Å². The summed E-state index contributed by atoms with van der Waals surface area (Å²) in [6.07, 6.45) is 6.41. The summed E-state index contributed by atoms with van der Waals surface area (Å²) in [5.41, 5.74) is 2.71. The third-order valence-electron chi connectivity index (χ3n) is 1.37. The number of allylic oxidation sites excluding steroid dienone is 4. The van der Waals surface area contributed by atoms with Crippen molar-refractivity contribution >= 4 is 20.4 Å². The zero-order valence-corrected chi connectivity index (χ0v) is 9.69. The van der Waals surface area contributed by atoms with Gasteiger partial charge in [-0.3, -0.25) is 6.08 Å². The van der Waals surface area contributed by atoms with Crippen LogP contribution < -0.4 is 0 Å². The van der Waals surface area contributed by atoms with E-state index in [1.807, 2.05) is 20.4 Å². The first kappa shape index (κ1) is 23.1. The van der Waals surface area contributed by atoms with E-state index in [1.54, 1.807) is 0 Å². The van der Waals surface area contributed by atoms with Crippen LogP contribution in [0.15, 0.2) is 17.2 Å². The van der Waals surface area contributed by atoms with Crippen LogP contribution in [0.5, 0.6) is 0 Å². The van der Waals surface area contributed by atoms with Crippen molar-refractivity contribution < 1.29 is 31.5 Å². The molecule has 14 heavy (non-hydrogen) atoms. The summed E-state index contributed by atoms with van der Waals surface area (Å²) < 4.78 is 0. The Morgan fingerprint density at radius 2 is 1.43 bits per heavy atom. The third kappa shape index (κ3) is 13.6. The van der Waals surface area contributed by atoms with E-state index in [4.69, 9.17) is 14.4 Å². The first-order valence-corrected chi connectivity index (χ1v) is 3.42. The van der Waals surface area contributed by atoms with Crippen LogP contribution in [0.1, 0.15) is 20.3 Å². The molecule has 1 aliphatic rings. The zero-order valence-electron chi connectivity index (χ0n) is 8.51. The topological polar surface area (TPSA) is 51.2 Å². The molecule has 0 aromatic heterocycles. The molecule has 0 heterocycles. The van der Waals surface area contributed by atoms with Crippen LogP contribution in [0.3, 0.4) is 0 Å². The zero-order chi connectivity index (χ0) is 11.3. The molecule has 81 valence electrons. The Morgan fingerprint density at radius 1 is 1.07 bits per heavy atom. The van der Waals surface area contributed by atoms with Crippen molar-refractivity contribution in [1.29, 1.82) is 0 Å². The van der Waals surface area contributed by atoms with Gasteiger partial charge in [0, 0.05) is 17.1 Å². The molecule has 3 nitrogen and oxygen atoms in total. The molecular formula is C10H15MnO3-. The quantitative estimate of drug-likeness (QED) is 0.475. The first-order chi connectivity index (χ1) is 6.30. The molecule has 0 aromatic carbocycles. The summed E-state index contributed by atoms with van der Waals surface area (Å²) in [5, 5.41) is 0. The van der Waals surface area contributed by atoms with Crippen LogP contribution in [0.25, 0.3) is 0 Å². The molecule has 0 amide bonds. The average molecular weight is 238 g/mol. The second-order valence-electron chi connectivity index (χ2n) is 1.89. The van der Waals surface area contributed by atoms with E-state index in [-0.39, 0.29) is 17.1 Å². The fraction of sp³-hybridized carbons (Fsp3) is 0.300. The number of hydrogen-bond donors (Lipinski definition) is 0. The molecule has 1 rings (SSSR count). The van der Waals surface area contributed by atoms with Gasteiger partial charge < -0.3 is 14.4 Å². The van der Waals surface area contributed by atoms with Gasteiger partial charge in [0.25, 0.3) is 0 Å². The van der Waals surface area contributed by atoms with Crippen LogP contribution in [0.4, 0.5) is 0 Å². The largest absolute Gasteiger partial charge is 0.307 e. The number of hydrogen-bond acceptors (Lipinski definition) is 3. The monoisotopic (exact) mass is 238 g/mol. The maximum absolute atomic E-state index is 8.00. The molecule has 0 unspecified atom stereocenters. The van der Waals surface area contributed by atoms with Gasteiger partial charge in [0.15, 0.2) is 0 Å². The normalized spacial score (nSPS) is 10.4. The molecule has 0 N–H and O–H groups in total. The minimum absolute atomic E-state index is 0. The summed E-state index contributed by atoms with van der Waals surface area (Å²) >= 11 is 0. The molecule has 0 fully saturated rings. The van der Waals surface area contributed by atoms with E-state index in [9.17, 15) is 0 Å². The Hall–Kier alpha value is -0.991. The minimum Gasteiger partial charge on any atom is -0.307 e. The maximum Gasteiger partial charge on any atom is 0.106 e. The summed E-state index contributed by atoms with van der Waals surface area (Å²) in [7, 11) is 0. The molecule has 4 heteroatoms. The van der Waals surface area contributed by atoms with Gasteiger partial charge in [-0.15, -0.1) is 13.3 Å². The number of carbonyl (C=O) groups excluding carboxylic acids is 3. The van der Waals surface area contributed by atoms with Crippen LogP contribution in [0, 0.1) is 6.08 Å². The Kier molecular flexibility index (Phi) is 37.5. The fourth-order valence-electron chi connectivity index (χ4n) is 0.650. The van der Waals surface area contributed by atoms with Gasteiger partial charge in [-0.2, -0.15) is 6.08 Å². The van der Waals surface area contributed by atoms with Gasteiger partial charge in [-0.1, -0.05) is 6.92 Å². The minimum atomic E-state index is 0. The van der Waals surface area contributed by atoms with E-state index < -0.39 is 0 Å². The molecule has 0 atom stereocenters. The summed E-state index contributed by atoms with van der Waals surface area (Å²) in [6, 6.07) is 0. The van der Waals surface area contributed by atoms with Gasteiger partial charge in [-0.25, -0.2) is 11.1 Å². The smallest absolute Gasteiger partial charge is 0.106 e. The SMILES string of the molecule is C=O.C=O.C=O.CC1=[C-]CC=C1C.[Mn]. The molecule has 0 saturated heterocycles. The Bertz CT molecular complexity index is 155. The molecule has 0 aromatic rings. The summed E-state index contributed by atoms with van der Waals surface area (Å²) in [4.78, 5) is 24.0. The van der Waals surface area contributed by atoms with Crippen molar-refractivity contribution in [2.45, 2.75) is 20.3 Å². The van der Waals surface area contributed by atoms with Crippen molar-refractivity contribution in [2.24, 2.45) is 0 Å². The maximum atomic E-state index is 8.00. The van der Waals surface area contributed by atoms with Crippen LogP contribution in [-0.2, 0) is 31.5 Å². The molecule has 1 radical (unpaired) electrons. The summed E-state index contributed by atoms with van der Waals surface area (Å²) in [5.74, 6) is 0. The van der Waals surface area contributed by atoms with Gasteiger partial charge in [0.1, 0.15) is 20.4 Å². The van der Waals surface area contributed by atoms with Gasteiger partial charge in [0.05, 0.1) is 0 Å². The standard InChI is InChI=1S/C7H9.3CH2O.Mn/c1-6-4-3-5-7(6)2;3*1-2;/h4H,3H2,1-2H3;3*1H2;/q-1;;;;. The van der Waals surface area contributed by atoms with Crippen molar-refractivity contribution in [2.75, 3.05) is 0 Å². The number of rotatable bonds is 0. The van der Waals surface area contributed by atoms with Crippen molar-refractivity contribution in [1.82, 2.24) is 0 Å². The van der Waals surface area contributed by atoms with E-state index in [2.05, 4.69) is 26.0 Å². The van der Waals surface area contributed by atoms with E-state index >= 15 is 0 Å². The first-order valence-electron chi connectivity index (χ1n) is 3.42. The van der Waals surface area contributed by atoms with Crippen molar-refractivity contribution in [3.63, 3.8) is 0 Å². The molecule has 0 saturated carbocycles. The fourth-order valence-corrected chi connectivity index (χ4v) is 0.650. The number of carbonyl (C=O) groups is 3. The second kappa shape index (κ2) is 22.7. The van der Waals surface area contributed by atoms with Crippen LogP contribution in [-0.4, -0.2) is 20.4 Å². The Morgan fingerprint density at radius 3 is 1.50 bits per heavy atom. The molecule has 0 bridgehead atoms. The molecule has 0 spiro atoms. The third-order valence-corrected chi connectivity index (χ3v) is 1.37. The van der Waals surface area contributed by atoms with E-state index in [0.717, 1.165) is 6.42 Å². The average Bonchev–Trinajstić information content (AvgIpc) is 2.61. The Balaban J connectivity index is -0.0000000625. The van der Waals surface area contributed by atoms with Crippen molar-refractivity contribution in [3.05, 3.63) is 23.3 Å². The predicted molar refractivity (Wildman–Crippen MR) is 52.2 cm³/mol. The Labute approximate surface area is 95.7 Å². The van der Waals surface area contributed by atoms with Crippen molar-refractivity contribution in [3.8, 4) is 0 Å². The van der Waals surface area contributed by atoms with Gasteiger partial charge in [-0.05, 0) is 0 Å².